The van der Waals surface area contributed by atoms with E-state index in [0.717, 1.165) is 44.6 Å². The fraction of sp³-hybridized carbons (Fsp3) is 0.0476. The van der Waals surface area contributed by atoms with Gasteiger partial charge in [0, 0.05) is 27.7 Å². The van der Waals surface area contributed by atoms with Crippen molar-refractivity contribution in [2.75, 3.05) is 4.90 Å². The summed E-state index contributed by atoms with van der Waals surface area (Å²) in [6.45, 7) is 2.38. The number of fused-ring (bicyclic) bond motifs is 16. The second-order valence-electron chi connectivity index (χ2n) is 18.0. The first-order valence-electron chi connectivity index (χ1n) is 22.7. The monoisotopic (exact) mass is 827 g/mol. The van der Waals surface area contributed by atoms with Gasteiger partial charge in [-0.05, 0) is 121 Å². The number of anilines is 3. The van der Waals surface area contributed by atoms with Crippen molar-refractivity contribution in [1.29, 1.82) is 0 Å². The van der Waals surface area contributed by atoms with Crippen molar-refractivity contribution < 1.29 is 4.42 Å². The summed E-state index contributed by atoms with van der Waals surface area (Å²) in [4.78, 5) is 2.48. The minimum Gasteiger partial charge on any atom is -0.456 e. The van der Waals surface area contributed by atoms with Crippen molar-refractivity contribution in [1.82, 2.24) is 0 Å². The maximum atomic E-state index is 7.17. The number of para-hydroxylation sites is 1. The van der Waals surface area contributed by atoms with Gasteiger partial charge in [0.2, 0.25) is 0 Å². The maximum Gasteiger partial charge on any atom is 0.141 e. The third kappa shape index (κ3) is 4.78. The Morgan fingerprint density at radius 1 is 0.354 bits per heavy atom. The summed E-state index contributed by atoms with van der Waals surface area (Å²) in [6.07, 6.45) is 0. The lowest BCUT2D eigenvalue weighted by atomic mass is 9.70. The minimum atomic E-state index is -0.475. The van der Waals surface area contributed by atoms with Crippen LogP contribution in [-0.4, -0.2) is 0 Å². The predicted octanol–water partition coefficient (Wildman–Crippen LogP) is 16.4. The zero-order valence-corrected chi connectivity index (χ0v) is 35.8. The van der Waals surface area contributed by atoms with Gasteiger partial charge in [0.1, 0.15) is 11.2 Å². The van der Waals surface area contributed by atoms with E-state index in [1.807, 2.05) is 0 Å². The van der Waals surface area contributed by atoms with Crippen molar-refractivity contribution >= 4 is 39.0 Å². The van der Waals surface area contributed by atoms with Gasteiger partial charge in [0.05, 0.1) is 16.5 Å². The van der Waals surface area contributed by atoms with Gasteiger partial charge in [-0.3, -0.25) is 0 Å². The Balaban J connectivity index is 1.06. The van der Waals surface area contributed by atoms with Gasteiger partial charge < -0.3 is 9.32 Å². The molecule has 14 rings (SSSR count). The zero-order chi connectivity index (χ0) is 42.9. The highest BCUT2D eigenvalue weighted by molar-refractivity contribution is 6.15. The van der Waals surface area contributed by atoms with E-state index in [9.17, 15) is 0 Å². The summed E-state index contributed by atoms with van der Waals surface area (Å²) in [7, 11) is 0. The molecule has 0 bridgehead atoms. The van der Waals surface area contributed by atoms with E-state index in [4.69, 9.17) is 4.42 Å². The van der Waals surface area contributed by atoms with Crippen LogP contribution in [0.3, 0.4) is 0 Å². The first-order valence-corrected chi connectivity index (χ1v) is 22.7. The molecule has 0 saturated heterocycles. The van der Waals surface area contributed by atoms with Crippen LogP contribution in [0.5, 0.6) is 0 Å². The molecule has 65 heavy (non-hydrogen) atoms. The van der Waals surface area contributed by atoms with E-state index >= 15 is 0 Å². The standard InChI is InChI=1S/C63H41NO/c1-62(51-25-11-5-19-44(51)45-20-6-12-26-52(45)62)56-37-38-58(60-50-24-10-16-30-59(50)65-61(56)60)64(42-33-31-41(32-34-42)40-17-3-2-4-18-40)43-35-36-49-48-23-9-15-29-55(48)63(57(49)39-43)53-27-13-7-21-46(53)47-22-8-14-28-54(47)63/h2-39H,1H3. The largest absolute Gasteiger partial charge is 0.456 e. The summed E-state index contributed by atoms with van der Waals surface area (Å²) >= 11 is 0. The Morgan fingerprint density at radius 3 is 1.42 bits per heavy atom. The molecule has 1 spiro atoms. The Kier molecular flexibility index (Phi) is 7.49. The molecule has 1 aromatic heterocycles. The van der Waals surface area contributed by atoms with Gasteiger partial charge in [0.25, 0.3) is 0 Å². The van der Waals surface area contributed by atoms with Crippen LogP contribution in [0.1, 0.15) is 45.9 Å². The van der Waals surface area contributed by atoms with Crippen LogP contribution in [0.4, 0.5) is 17.1 Å². The second kappa shape index (κ2) is 13.4. The SMILES string of the molecule is CC1(c2ccc(N(c3ccc(-c4ccccc4)cc3)c3ccc4c(c3)C3(c5ccccc5-c5ccccc53)c3ccccc3-4)c3c2oc2ccccc23)c2ccccc2-c2ccccc21. The fourth-order valence-electron chi connectivity index (χ4n) is 12.2. The quantitative estimate of drug-likeness (QED) is 0.172. The third-order valence-corrected chi connectivity index (χ3v) is 15.0. The van der Waals surface area contributed by atoms with E-state index in [2.05, 4.69) is 242 Å². The van der Waals surface area contributed by atoms with Crippen LogP contribution in [-0.2, 0) is 10.8 Å². The molecular weight excluding hydrogens is 787 g/mol. The Hall–Kier alpha value is -8.20. The zero-order valence-electron chi connectivity index (χ0n) is 35.8. The molecule has 304 valence electrons. The Bertz CT molecular complexity index is 3630. The van der Waals surface area contributed by atoms with Gasteiger partial charge in [0.15, 0.2) is 0 Å². The smallest absolute Gasteiger partial charge is 0.141 e. The molecule has 3 aliphatic rings. The predicted molar refractivity (Wildman–Crippen MR) is 268 cm³/mol. The average Bonchev–Trinajstić information content (AvgIpc) is 4.08. The third-order valence-electron chi connectivity index (χ3n) is 15.0. The van der Waals surface area contributed by atoms with E-state index in [1.54, 1.807) is 0 Å². The summed E-state index contributed by atoms with van der Waals surface area (Å²) in [5, 5.41) is 2.19. The molecule has 11 aromatic rings. The van der Waals surface area contributed by atoms with Crippen molar-refractivity contribution in [3.8, 4) is 44.5 Å². The lowest BCUT2D eigenvalue weighted by Gasteiger charge is -2.33. The van der Waals surface area contributed by atoms with E-state index in [0.29, 0.717) is 0 Å². The molecule has 0 amide bonds. The lowest BCUT2D eigenvalue weighted by molar-refractivity contribution is 0.638. The number of furan rings is 1. The lowest BCUT2D eigenvalue weighted by Crippen LogP contribution is -2.26. The molecule has 3 aliphatic carbocycles. The van der Waals surface area contributed by atoms with Gasteiger partial charge in [-0.1, -0.05) is 194 Å². The summed E-state index contributed by atoms with van der Waals surface area (Å²) in [6, 6.07) is 85.2. The Labute approximate surface area is 378 Å². The summed E-state index contributed by atoms with van der Waals surface area (Å²) in [5.41, 5.74) is 23.2. The minimum absolute atomic E-state index is 0.449. The number of benzene rings is 10. The molecule has 0 fully saturated rings. The molecule has 0 aliphatic heterocycles. The van der Waals surface area contributed by atoms with Crippen LogP contribution in [0.15, 0.2) is 235 Å². The van der Waals surface area contributed by atoms with Crippen molar-refractivity contribution in [2.45, 2.75) is 17.8 Å². The second-order valence-corrected chi connectivity index (χ2v) is 18.0. The summed E-state index contributed by atoms with van der Waals surface area (Å²) < 4.78 is 7.17. The number of hydrogen-bond acceptors (Lipinski definition) is 2. The van der Waals surface area contributed by atoms with E-state index in [1.165, 1.54) is 77.9 Å². The van der Waals surface area contributed by atoms with E-state index < -0.39 is 10.8 Å². The van der Waals surface area contributed by atoms with Crippen molar-refractivity contribution in [3.05, 3.63) is 269 Å². The molecule has 0 N–H and O–H groups in total. The van der Waals surface area contributed by atoms with Crippen molar-refractivity contribution in [3.63, 3.8) is 0 Å². The maximum absolute atomic E-state index is 7.17. The molecule has 2 heteroatoms. The molecule has 0 atom stereocenters. The highest BCUT2D eigenvalue weighted by Gasteiger charge is 2.52. The molecule has 10 aromatic carbocycles. The molecule has 1 heterocycles. The number of hydrogen-bond donors (Lipinski definition) is 0. The van der Waals surface area contributed by atoms with Gasteiger partial charge in [-0.15, -0.1) is 0 Å². The highest BCUT2D eigenvalue weighted by atomic mass is 16.3. The van der Waals surface area contributed by atoms with Crippen LogP contribution in [0.25, 0.3) is 66.4 Å². The number of rotatable bonds is 5. The van der Waals surface area contributed by atoms with Crippen LogP contribution in [0.2, 0.25) is 0 Å². The van der Waals surface area contributed by atoms with E-state index in [-0.39, 0.29) is 0 Å². The fourth-order valence-corrected chi connectivity index (χ4v) is 12.2. The van der Waals surface area contributed by atoms with Gasteiger partial charge >= 0.3 is 0 Å². The summed E-state index contributed by atoms with van der Waals surface area (Å²) in [5.74, 6) is 0. The topological polar surface area (TPSA) is 16.4 Å². The van der Waals surface area contributed by atoms with Crippen LogP contribution in [0, 0.1) is 0 Å². The molecule has 0 saturated carbocycles. The molecular formula is C63H41NO. The normalized spacial score (nSPS) is 14.2. The number of nitrogens with zero attached hydrogens (tertiary/aromatic N) is 1. The van der Waals surface area contributed by atoms with Crippen LogP contribution < -0.4 is 4.90 Å². The van der Waals surface area contributed by atoms with Crippen LogP contribution >= 0.6 is 0 Å². The Morgan fingerprint density at radius 2 is 0.815 bits per heavy atom. The molecule has 0 radical (unpaired) electrons. The highest BCUT2D eigenvalue weighted by Crippen LogP contribution is 2.64. The first-order chi connectivity index (χ1) is 32.1. The molecule has 0 unspecified atom stereocenters. The van der Waals surface area contributed by atoms with Gasteiger partial charge in [-0.2, -0.15) is 0 Å². The first kappa shape index (κ1) is 36.3. The van der Waals surface area contributed by atoms with Crippen molar-refractivity contribution in [2.24, 2.45) is 0 Å². The molecule has 2 nitrogen and oxygen atoms in total. The average molecular weight is 828 g/mol. The van der Waals surface area contributed by atoms with Gasteiger partial charge in [-0.25, -0.2) is 0 Å².